The number of nitrogens with two attached hydrogens (primary N) is 1. The third kappa shape index (κ3) is 2.24. The van der Waals surface area contributed by atoms with Gasteiger partial charge < -0.3 is 10.1 Å². The first-order valence-electron chi connectivity index (χ1n) is 5.78. The number of carbonyl (C=O) groups is 1. The second-order valence-corrected chi connectivity index (χ2v) is 5.14. The summed E-state index contributed by atoms with van der Waals surface area (Å²) in [7, 11) is 0. The molecule has 1 amide bonds. The summed E-state index contributed by atoms with van der Waals surface area (Å²) in [4.78, 5) is 15.6. The van der Waals surface area contributed by atoms with Crippen LogP contribution >= 0.6 is 23.2 Å². The van der Waals surface area contributed by atoms with Crippen LogP contribution in [0.3, 0.4) is 0 Å². The van der Waals surface area contributed by atoms with Gasteiger partial charge in [0, 0.05) is 23.0 Å². The van der Waals surface area contributed by atoms with E-state index in [-0.39, 0.29) is 0 Å². The van der Waals surface area contributed by atoms with Gasteiger partial charge in [-0.2, -0.15) is 0 Å². The SMILES string of the molecule is NC(=O)c1ccc2nc(-c3ccc(Cl)cc3Cl)cn2c1. The molecule has 0 spiro atoms. The van der Waals surface area contributed by atoms with Crippen LogP contribution in [-0.2, 0) is 0 Å². The van der Waals surface area contributed by atoms with Crippen molar-refractivity contribution in [2.45, 2.75) is 0 Å². The molecule has 20 heavy (non-hydrogen) atoms. The first-order valence-corrected chi connectivity index (χ1v) is 6.54. The molecule has 0 aliphatic rings. The Kier molecular flexibility index (Phi) is 3.12. The molecule has 0 bridgehead atoms. The van der Waals surface area contributed by atoms with Crippen molar-refractivity contribution in [1.29, 1.82) is 0 Å². The average molecular weight is 306 g/mol. The number of nitrogens with zero attached hydrogens (tertiary/aromatic N) is 2. The molecule has 0 aliphatic heterocycles. The van der Waals surface area contributed by atoms with Crippen LogP contribution in [0, 0.1) is 0 Å². The number of hydrogen-bond donors (Lipinski definition) is 1. The summed E-state index contributed by atoms with van der Waals surface area (Å²) < 4.78 is 1.74. The minimum atomic E-state index is -0.480. The quantitative estimate of drug-likeness (QED) is 0.788. The summed E-state index contributed by atoms with van der Waals surface area (Å²) in [6.07, 6.45) is 3.43. The first kappa shape index (κ1) is 13.0. The smallest absolute Gasteiger partial charge is 0.250 e. The fourth-order valence-electron chi connectivity index (χ4n) is 1.96. The van der Waals surface area contributed by atoms with E-state index in [2.05, 4.69) is 4.98 Å². The van der Waals surface area contributed by atoms with E-state index in [1.54, 1.807) is 47.1 Å². The standard InChI is InChI=1S/C14H9Cl2N3O/c15-9-2-3-10(11(16)5-9)12-7-19-6-8(14(17)20)1-4-13(19)18-12/h1-7H,(H2,17,20). The van der Waals surface area contributed by atoms with Gasteiger partial charge in [-0.25, -0.2) is 4.98 Å². The van der Waals surface area contributed by atoms with Crippen molar-refractivity contribution in [1.82, 2.24) is 9.38 Å². The highest BCUT2D eigenvalue weighted by Crippen LogP contribution is 2.29. The molecule has 0 aliphatic carbocycles. The molecule has 3 aromatic rings. The average Bonchev–Trinajstić information content (AvgIpc) is 2.80. The highest BCUT2D eigenvalue weighted by Gasteiger charge is 2.10. The van der Waals surface area contributed by atoms with E-state index in [0.29, 0.717) is 26.9 Å². The van der Waals surface area contributed by atoms with Gasteiger partial charge in [-0.15, -0.1) is 0 Å². The maximum atomic E-state index is 11.2. The van der Waals surface area contributed by atoms with E-state index < -0.39 is 5.91 Å². The van der Waals surface area contributed by atoms with Crippen LogP contribution in [0.25, 0.3) is 16.9 Å². The number of carbonyl (C=O) groups excluding carboxylic acids is 1. The Morgan fingerprint density at radius 3 is 2.65 bits per heavy atom. The molecular formula is C14H9Cl2N3O. The molecule has 6 heteroatoms. The topological polar surface area (TPSA) is 60.4 Å². The third-order valence-corrected chi connectivity index (χ3v) is 3.49. The minimum absolute atomic E-state index is 0.420. The summed E-state index contributed by atoms with van der Waals surface area (Å²) in [6.45, 7) is 0. The van der Waals surface area contributed by atoms with Crippen molar-refractivity contribution in [2.24, 2.45) is 5.73 Å². The Morgan fingerprint density at radius 1 is 1.15 bits per heavy atom. The van der Waals surface area contributed by atoms with E-state index in [9.17, 15) is 4.79 Å². The lowest BCUT2D eigenvalue weighted by Gasteiger charge is -2.00. The zero-order valence-corrected chi connectivity index (χ0v) is 11.7. The summed E-state index contributed by atoms with van der Waals surface area (Å²) in [6, 6.07) is 8.59. The van der Waals surface area contributed by atoms with Gasteiger partial charge in [0.1, 0.15) is 5.65 Å². The van der Waals surface area contributed by atoms with Crippen molar-refractivity contribution in [2.75, 3.05) is 0 Å². The van der Waals surface area contributed by atoms with Gasteiger partial charge in [0.05, 0.1) is 16.3 Å². The van der Waals surface area contributed by atoms with Crippen LogP contribution in [0.15, 0.2) is 42.7 Å². The number of primary amides is 1. The molecule has 2 N–H and O–H groups in total. The number of halogens is 2. The number of fused-ring (bicyclic) bond motifs is 1. The van der Waals surface area contributed by atoms with Gasteiger partial charge in [-0.3, -0.25) is 4.79 Å². The molecular weight excluding hydrogens is 297 g/mol. The first-order chi connectivity index (χ1) is 9.54. The van der Waals surface area contributed by atoms with E-state index in [4.69, 9.17) is 28.9 Å². The number of pyridine rings is 1. The summed E-state index contributed by atoms with van der Waals surface area (Å²) >= 11 is 12.0. The number of amides is 1. The second kappa shape index (κ2) is 4.81. The lowest BCUT2D eigenvalue weighted by molar-refractivity contribution is 0.1000. The molecule has 2 heterocycles. The zero-order valence-electron chi connectivity index (χ0n) is 10.2. The zero-order chi connectivity index (χ0) is 14.3. The van der Waals surface area contributed by atoms with Crippen molar-refractivity contribution < 1.29 is 4.79 Å². The monoisotopic (exact) mass is 305 g/mol. The molecule has 4 nitrogen and oxygen atoms in total. The number of benzene rings is 1. The van der Waals surface area contributed by atoms with Crippen LogP contribution < -0.4 is 5.73 Å². The maximum Gasteiger partial charge on any atom is 0.250 e. The van der Waals surface area contributed by atoms with Crippen LogP contribution in [0.4, 0.5) is 0 Å². The fourth-order valence-corrected chi connectivity index (χ4v) is 2.47. The molecule has 3 rings (SSSR count). The summed E-state index contributed by atoms with van der Waals surface area (Å²) in [5, 5.41) is 1.09. The second-order valence-electron chi connectivity index (χ2n) is 4.30. The Hall–Kier alpha value is -2.04. The van der Waals surface area contributed by atoms with E-state index in [1.165, 1.54) is 0 Å². The maximum absolute atomic E-state index is 11.2. The van der Waals surface area contributed by atoms with Crippen molar-refractivity contribution in [3.63, 3.8) is 0 Å². The molecule has 0 unspecified atom stereocenters. The predicted molar refractivity (Wildman–Crippen MR) is 79.2 cm³/mol. The van der Waals surface area contributed by atoms with Gasteiger partial charge in [0.15, 0.2) is 0 Å². The van der Waals surface area contributed by atoms with Gasteiger partial charge in [0.25, 0.3) is 0 Å². The molecule has 1 aromatic carbocycles. The molecule has 0 atom stereocenters. The number of imidazole rings is 1. The van der Waals surface area contributed by atoms with Gasteiger partial charge in [-0.1, -0.05) is 23.2 Å². The van der Waals surface area contributed by atoms with E-state index in [0.717, 1.165) is 5.56 Å². The highest BCUT2D eigenvalue weighted by atomic mass is 35.5. The minimum Gasteiger partial charge on any atom is -0.366 e. The molecule has 2 aromatic heterocycles. The van der Waals surface area contributed by atoms with Gasteiger partial charge >= 0.3 is 0 Å². The van der Waals surface area contributed by atoms with Crippen molar-refractivity contribution >= 4 is 34.8 Å². The number of aromatic nitrogens is 2. The number of hydrogen-bond acceptors (Lipinski definition) is 2. The van der Waals surface area contributed by atoms with E-state index in [1.807, 2.05) is 0 Å². The van der Waals surface area contributed by atoms with Crippen molar-refractivity contribution in [3.05, 3.63) is 58.3 Å². The van der Waals surface area contributed by atoms with Crippen LogP contribution in [0.5, 0.6) is 0 Å². The lowest BCUT2D eigenvalue weighted by Crippen LogP contribution is -2.11. The van der Waals surface area contributed by atoms with Crippen molar-refractivity contribution in [3.8, 4) is 11.3 Å². The Labute approximate surface area is 124 Å². The summed E-state index contributed by atoms with van der Waals surface area (Å²) in [5.74, 6) is -0.480. The van der Waals surface area contributed by atoms with Gasteiger partial charge in [-0.05, 0) is 30.3 Å². The molecule has 0 radical (unpaired) electrons. The Morgan fingerprint density at radius 2 is 1.95 bits per heavy atom. The van der Waals surface area contributed by atoms with E-state index >= 15 is 0 Å². The molecule has 0 saturated heterocycles. The summed E-state index contributed by atoms with van der Waals surface area (Å²) in [5.41, 5.74) is 7.86. The Balaban J connectivity index is 2.15. The van der Waals surface area contributed by atoms with Crippen LogP contribution in [-0.4, -0.2) is 15.3 Å². The highest BCUT2D eigenvalue weighted by molar-refractivity contribution is 6.36. The third-order valence-electron chi connectivity index (χ3n) is 2.94. The predicted octanol–water partition coefficient (Wildman–Crippen LogP) is 3.41. The Bertz CT molecular complexity index is 826. The normalized spacial score (nSPS) is 10.9. The molecule has 100 valence electrons. The largest absolute Gasteiger partial charge is 0.366 e. The fraction of sp³-hybridized carbons (Fsp3) is 0. The molecule has 0 fully saturated rings. The number of rotatable bonds is 2. The lowest BCUT2D eigenvalue weighted by atomic mass is 10.2. The van der Waals surface area contributed by atoms with Crippen LogP contribution in [0.1, 0.15) is 10.4 Å². The molecule has 0 saturated carbocycles. The van der Waals surface area contributed by atoms with Gasteiger partial charge in [0.2, 0.25) is 5.91 Å². The van der Waals surface area contributed by atoms with Crippen LogP contribution in [0.2, 0.25) is 10.0 Å².